The highest BCUT2D eigenvalue weighted by atomic mass is 32.2. The third-order valence-electron chi connectivity index (χ3n) is 5.42. The molecular weight excluding hydrogens is 541 g/mol. The molecule has 0 spiro atoms. The largest absolute Gasteiger partial charge is 0.619 e. The molecule has 208 valence electrons. The van der Waals surface area contributed by atoms with Crippen LogP contribution in [0.1, 0.15) is 25.0 Å². The van der Waals surface area contributed by atoms with Gasteiger partial charge in [-0.05, 0) is 24.6 Å². The maximum atomic E-state index is 14.1. The molecule has 0 saturated heterocycles. The Morgan fingerprint density at radius 1 is 1.08 bits per heavy atom. The summed E-state index contributed by atoms with van der Waals surface area (Å²) in [5.74, 6) is -1.32. The lowest BCUT2D eigenvalue weighted by Crippen LogP contribution is -2.37. The van der Waals surface area contributed by atoms with Gasteiger partial charge in [0.25, 0.3) is 5.88 Å². The van der Waals surface area contributed by atoms with Crippen LogP contribution in [0, 0.1) is 5.21 Å². The molecule has 0 amide bonds. The third kappa shape index (κ3) is 7.77. The zero-order valence-electron chi connectivity index (χ0n) is 21.6. The van der Waals surface area contributed by atoms with Crippen molar-refractivity contribution in [1.82, 2.24) is 9.97 Å². The highest BCUT2D eigenvalue weighted by molar-refractivity contribution is 7.92. The summed E-state index contributed by atoms with van der Waals surface area (Å²) >= 11 is 0. The molecule has 1 unspecified atom stereocenters. The van der Waals surface area contributed by atoms with Crippen molar-refractivity contribution < 1.29 is 35.8 Å². The molecule has 9 nitrogen and oxygen atoms in total. The topological polar surface area (TPSA) is 109 Å². The molecule has 38 heavy (non-hydrogen) atoms. The number of aromatic nitrogens is 3. The number of hydrogen-bond acceptors (Lipinski definition) is 7. The molecule has 0 aliphatic carbocycles. The Hall–Kier alpha value is -2.97. The van der Waals surface area contributed by atoms with Crippen LogP contribution in [0.2, 0.25) is 25.7 Å². The fourth-order valence-electron chi connectivity index (χ4n) is 3.42. The van der Waals surface area contributed by atoms with Gasteiger partial charge in [0, 0.05) is 32.4 Å². The quantitative estimate of drug-likeness (QED) is 0.101. The minimum absolute atomic E-state index is 0.213. The molecule has 0 saturated carbocycles. The lowest BCUT2D eigenvalue weighted by molar-refractivity contribution is -0.605. The fourth-order valence-corrected chi connectivity index (χ4v) is 5.53. The highest BCUT2D eigenvalue weighted by Crippen LogP contribution is 2.39. The van der Waals surface area contributed by atoms with Gasteiger partial charge in [-0.2, -0.15) is 17.9 Å². The zero-order valence-corrected chi connectivity index (χ0v) is 23.4. The van der Waals surface area contributed by atoms with Gasteiger partial charge >= 0.3 is 6.18 Å². The van der Waals surface area contributed by atoms with E-state index in [0.29, 0.717) is 4.73 Å². The van der Waals surface area contributed by atoms with Gasteiger partial charge in [-0.1, -0.05) is 38.7 Å². The number of hydrogen-bond donors (Lipinski definition) is 0. The van der Waals surface area contributed by atoms with E-state index < -0.39 is 48.8 Å². The average molecular weight is 573 g/mol. The maximum absolute atomic E-state index is 14.1. The standard InChI is InChI=1S/C24H31F3N4O5SSi/c1-5-15-37(33,34)31(17-35-14-16-38(2,3)4)22-23(29-20-9-7-6-8-19(20)28-22)36-21(24(25,26)27)18-10-12-30(32)13-11-18/h6-13,21H,5,14-17H2,1-4H3. The van der Waals surface area contributed by atoms with Crippen LogP contribution in [0.5, 0.6) is 5.88 Å². The Morgan fingerprint density at radius 3 is 2.24 bits per heavy atom. The second-order valence-electron chi connectivity index (χ2n) is 9.88. The summed E-state index contributed by atoms with van der Waals surface area (Å²) in [5, 5.41) is 11.4. The summed E-state index contributed by atoms with van der Waals surface area (Å²) in [6.45, 7) is 7.89. The number of ether oxygens (including phenoxy) is 2. The van der Waals surface area contributed by atoms with Crippen LogP contribution in [0.3, 0.4) is 0 Å². The van der Waals surface area contributed by atoms with E-state index in [0.717, 1.165) is 34.9 Å². The number of anilines is 1. The predicted octanol–water partition coefficient (Wildman–Crippen LogP) is 4.80. The molecule has 1 aromatic carbocycles. The molecule has 0 fully saturated rings. The SMILES string of the molecule is CCCS(=O)(=O)N(COCC[Si](C)(C)C)c1nc2ccccc2nc1OC(c1cc[n+]([O-])cc1)C(F)(F)F. The molecule has 0 aliphatic rings. The van der Waals surface area contributed by atoms with E-state index in [2.05, 4.69) is 29.6 Å². The summed E-state index contributed by atoms with van der Waals surface area (Å²) in [6.07, 6.45) is -5.37. The Kier molecular flexibility index (Phi) is 9.20. The first-order valence-electron chi connectivity index (χ1n) is 12.0. The van der Waals surface area contributed by atoms with Crippen molar-refractivity contribution in [1.29, 1.82) is 0 Å². The fraction of sp³-hybridized carbons (Fsp3) is 0.458. The predicted molar refractivity (Wildman–Crippen MR) is 140 cm³/mol. The van der Waals surface area contributed by atoms with Gasteiger partial charge in [0.1, 0.15) is 6.73 Å². The molecule has 14 heteroatoms. The summed E-state index contributed by atoms with van der Waals surface area (Å²) in [4.78, 5) is 8.59. The van der Waals surface area contributed by atoms with Gasteiger partial charge in [-0.3, -0.25) is 0 Å². The number of halogens is 3. The number of fused-ring (bicyclic) bond motifs is 1. The number of rotatable bonds is 12. The van der Waals surface area contributed by atoms with E-state index in [1.165, 1.54) is 6.07 Å². The number of sulfonamides is 1. The minimum Gasteiger partial charge on any atom is -0.619 e. The molecule has 0 bridgehead atoms. The van der Waals surface area contributed by atoms with Gasteiger partial charge < -0.3 is 14.7 Å². The van der Waals surface area contributed by atoms with Crippen LogP contribution in [0.4, 0.5) is 19.0 Å². The third-order valence-corrected chi connectivity index (χ3v) is 9.00. The van der Waals surface area contributed by atoms with E-state index in [-0.39, 0.29) is 35.4 Å². The van der Waals surface area contributed by atoms with Crippen molar-refractivity contribution in [2.45, 2.75) is 51.3 Å². The Bertz CT molecular complexity index is 1340. The van der Waals surface area contributed by atoms with Gasteiger partial charge in [0.15, 0.2) is 12.4 Å². The van der Waals surface area contributed by atoms with Crippen LogP contribution < -0.4 is 13.8 Å². The second-order valence-corrected chi connectivity index (χ2v) is 17.5. The van der Waals surface area contributed by atoms with Crippen molar-refractivity contribution in [2.75, 3.05) is 23.4 Å². The van der Waals surface area contributed by atoms with Gasteiger partial charge in [0.2, 0.25) is 21.9 Å². The van der Waals surface area contributed by atoms with Crippen molar-refractivity contribution in [2.24, 2.45) is 0 Å². The average Bonchev–Trinajstić information content (AvgIpc) is 2.81. The van der Waals surface area contributed by atoms with E-state index in [9.17, 15) is 26.8 Å². The first kappa shape index (κ1) is 29.6. The molecule has 3 rings (SSSR count). The summed E-state index contributed by atoms with van der Waals surface area (Å²) in [7, 11) is -5.56. The Morgan fingerprint density at radius 2 is 1.68 bits per heavy atom. The Balaban J connectivity index is 2.12. The van der Waals surface area contributed by atoms with E-state index in [1.807, 2.05) is 0 Å². The van der Waals surface area contributed by atoms with Gasteiger partial charge in [0.05, 0.1) is 16.8 Å². The maximum Gasteiger partial charge on any atom is 0.429 e. The minimum atomic E-state index is -4.92. The van der Waals surface area contributed by atoms with E-state index >= 15 is 0 Å². The van der Waals surface area contributed by atoms with Crippen molar-refractivity contribution >= 4 is 34.9 Å². The van der Waals surface area contributed by atoms with Crippen LogP contribution in [-0.2, 0) is 14.8 Å². The van der Waals surface area contributed by atoms with Crippen LogP contribution >= 0.6 is 0 Å². The lowest BCUT2D eigenvalue weighted by Gasteiger charge is -2.27. The molecule has 3 aromatic rings. The van der Waals surface area contributed by atoms with Crippen LogP contribution in [-0.4, -0.2) is 51.7 Å². The summed E-state index contributed by atoms with van der Waals surface area (Å²) in [6, 6.07) is 9.08. The molecule has 0 N–H and O–H groups in total. The first-order valence-corrected chi connectivity index (χ1v) is 17.3. The molecule has 2 aromatic heterocycles. The number of pyridine rings is 1. The molecule has 0 radical (unpaired) electrons. The van der Waals surface area contributed by atoms with Crippen LogP contribution in [0.25, 0.3) is 11.0 Å². The van der Waals surface area contributed by atoms with Crippen molar-refractivity contribution in [3.8, 4) is 5.88 Å². The number of para-hydroxylation sites is 2. The smallest absolute Gasteiger partial charge is 0.429 e. The van der Waals surface area contributed by atoms with E-state index in [4.69, 9.17) is 9.47 Å². The highest BCUT2D eigenvalue weighted by Gasteiger charge is 2.45. The Labute approximate surface area is 220 Å². The monoisotopic (exact) mass is 572 g/mol. The number of benzene rings is 1. The lowest BCUT2D eigenvalue weighted by atomic mass is 10.1. The van der Waals surface area contributed by atoms with E-state index in [1.54, 1.807) is 25.1 Å². The zero-order chi connectivity index (χ0) is 28.1. The first-order chi connectivity index (χ1) is 17.7. The molecule has 2 heterocycles. The van der Waals surface area contributed by atoms with Crippen molar-refractivity contribution in [3.05, 3.63) is 59.6 Å². The number of alkyl halides is 3. The van der Waals surface area contributed by atoms with Crippen LogP contribution in [0.15, 0.2) is 48.8 Å². The summed E-state index contributed by atoms with van der Waals surface area (Å²) < 4.78 is 81.2. The van der Waals surface area contributed by atoms with Crippen molar-refractivity contribution in [3.63, 3.8) is 0 Å². The summed E-state index contributed by atoms with van der Waals surface area (Å²) in [5.41, 5.74) is 0.120. The number of nitrogens with zero attached hydrogens (tertiary/aromatic N) is 4. The molecule has 0 aliphatic heterocycles. The normalized spacial score (nSPS) is 13.4. The molecule has 1 atom stereocenters. The van der Waals surface area contributed by atoms with Gasteiger partial charge in [-0.25, -0.2) is 22.7 Å². The molecular formula is C24H31F3N4O5SSi. The second kappa shape index (κ2) is 11.8. The van der Waals surface area contributed by atoms with Gasteiger partial charge in [-0.15, -0.1) is 0 Å².